The van der Waals surface area contributed by atoms with Crippen molar-refractivity contribution in [1.29, 1.82) is 0 Å². The summed E-state index contributed by atoms with van der Waals surface area (Å²) in [6, 6.07) is 3.55. The maximum absolute atomic E-state index is 11.1. The Morgan fingerprint density at radius 1 is 1.44 bits per heavy atom. The van der Waals surface area contributed by atoms with Crippen molar-refractivity contribution in [2.75, 3.05) is 11.9 Å². The summed E-state index contributed by atoms with van der Waals surface area (Å²) in [4.78, 5) is 19.3. The molecule has 0 spiro atoms. The summed E-state index contributed by atoms with van der Waals surface area (Å²) >= 11 is 0. The molecule has 0 atom stereocenters. The van der Waals surface area contributed by atoms with Crippen LogP contribution in [-0.4, -0.2) is 27.0 Å². The van der Waals surface area contributed by atoms with Crippen LogP contribution in [0.15, 0.2) is 30.9 Å². The van der Waals surface area contributed by atoms with Gasteiger partial charge in [0.05, 0.1) is 0 Å². The van der Waals surface area contributed by atoms with Gasteiger partial charge < -0.3 is 10.1 Å². The van der Waals surface area contributed by atoms with Crippen molar-refractivity contribution >= 4 is 11.6 Å². The average Bonchev–Trinajstić information content (AvgIpc) is 2.82. The number of carbonyl (C=O) groups is 1. The molecule has 6 nitrogen and oxygen atoms in total. The van der Waals surface area contributed by atoms with Crippen molar-refractivity contribution in [3.8, 4) is 11.7 Å². The van der Waals surface area contributed by atoms with E-state index in [-0.39, 0.29) is 12.5 Å². The van der Waals surface area contributed by atoms with Gasteiger partial charge in [0, 0.05) is 12.4 Å². The van der Waals surface area contributed by atoms with Crippen LogP contribution in [0.5, 0.6) is 5.88 Å². The van der Waals surface area contributed by atoms with Gasteiger partial charge in [-0.2, -0.15) is 4.98 Å². The molecular formula is C10H8N4O2. The molecule has 3 heterocycles. The second kappa shape index (κ2) is 3.34. The van der Waals surface area contributed by atoms with Gasteiger partial charge in [0.15, 0.2) is 6.61 Å². The van der Waals surface area contributed by atoms with Crippen molar-refractivity contribution in [2.45, 2.75) is 0 Å². The van der Waals surface area contributed by atoms with Crippen LogP contribution in [0.3, 0.4) is 0 Å². The Morgan fingerprint density at radius 3 is 3.19 bits per heavy atom. The fourth-order valence-electron chi connectivity index (χ4n) is 1.49. The number of hydrogen-bond acceptors (Lipinski definition) is 4. The van der Waals surface area contributed by atoms with Gasteiger partial charge in [-0.05, 0) is 12.1 Å². The molecule has 1 aliphatic heterocycles. The quantitative estimate of drug-likeness (QED) is 0.757. The van der Waals surface area contributed by atoms with E-state index >= 15 is 0 Å². The minimum absolute atomic E-state index is 0.00732. The zero-order chi connectivity index (χ0) is 11.0. The molecule has 0 unspecified atom stereocenters. The van der Waals surface area contributed by atoms with E-state index in [1.165, 1.54) is 0 Å². The van der Waals surface area contributed by atoms with Crippen molar-refractivity contribution in [3.63, 3.8) is 0 Å². The highest BCUT2D eigenvalue weighted by atomic mass is 16.5. The van der Waals surface area contributed by atoms with Gasteiger partial charge in [0.2, 0.25) is 5.88 Å². The minimum Gasteiger partial charge on any atom is -0.466 e. The highest BCUT2D eigenvalue weighted by Crippen LogP contribution is 2.25. The zero-order valence-corrected chi connectivity index (χ0v) is 8.25. The summed E-state index contributed by atoms with van der Waals surface area (Å²) in [7, 11) is 0. The number of rotatable bonds is 1. The normalized spacial score (nSPS) is 13.9. The van der Waals surface area contributed by atoms with Crippen molar-refractivity contribution in [2.24, 2.45) is 0 Å². The Hall–Kier alpha value is -2.37. The molecule has 0 aliphatic carbocycles. The van der Waals surface area contributed by atoms with E-state index in [0.29, 0.717) is 17.4 Å². The largest absolute Gasteiger partial charge is 0.466 e. The fourth-order valence-corrected chi connectivity index (χ4v) is 1.49. The third-order valence-electron chi connectivity index (χ3n) is 2.23. The zero-order valence-electron chi connectivity index (χ0n) is 8.25. The van der Waals surface area contributed by atoms with Gasteiger partial charge in [-0.1, -0.05) is 0 Å². The van der Waals surface area contributed by atoms with Crippen molar-refractivity contribution in [3.05, 3.63) is 30.9 Å². The van der Waals surface area contributed by atoms with Crippen LogP contribution in [-0.2, 0) is 4.79 Å². The number of amides is 1. The number of pyridine rings is 1. The van der Waals surface area contributed by atoms with E-state index in [2.05, 4.69) is 15.3 Å². The summed E-state index contributed by atoms with van der Waals surface area (Å²) in [6.07, 6.45) is 5.11. The van der Waals surface area contributed by atoms with Crippen LogP contribution in [0.2, 0.25) is 0 Å². The lowest BCUT2D eigenvalue weighted by molar-refractivity contribution is -0.118. The molecule has 0 saturated heterocycles. The molecule has 1 amide bonds. The van der Waals surface area contributed by atoms with Gasteiger partial charge in [-0.25, -0.2) is 4.98 Å². The van der Waals surface area contributed by atoms with Crippen LogP contribution >= 0.6 is 0 Å². The highest BCUT2D eigenvalue weighted by Gasteiger charge is 2.17. The van der Waals surface area contributed by atoms with Crippen LogP contribution in [0.1, 0.15) is 0 Å². The lowest BCUT2D eigenvalue weighted by atomic mass is 10.3. The molecule has 3 rings (SSSR count). The summed E-state index contributed by atoms with van der Waals surface area (Å²) in [5, 5.41) is 2.68. The van der Waals surface area contributed by atoms with Gasteiger partial charge in [-0.15, -0.1) is 0 Å². The average molecular weight is 216 g/mol. The van der Waals surface area contributed by atoms with E-state index < -0.39 is 0 Å². The predicted octanol–water partition coefficient (Wildman–Crippen LogP) is 0.598. The van der Waals surface area contributed by atoms with E-state index in [0.717, 1.165) is 0 Å². The molecule has 0 fully saturated rings. The minimum atomic E-state index is -0.162. The van der Waals surface area contributed by atoms with Gasteiger partial charge in [-0.3, -0.25) is 9.36 Å². The first-order chi connectivity index (χ1) is 7.83. The molecule has 0 saturated carbocycles. The van der Waals surface area contributed by atoms with Crippen molar-refractivity contribution in [1.82, 2.24) is 14.5 Å². The SMILES string of the molecule is O=C1COc2nc(-n3ccnc3)ccc2N1. The Bertz CT molecular complexity index is 536. The number of nitrogens with one attached hydrogen (secondary N) is 1. The van der Waals surface area contributed by atoms with Crippen LogP contribution in [0, 0.1) is 0 Å². The first-order valence-corrected chi connectivity index (χ1v) is 4.75. The molecule has 16 heavy (non-hydrogen) atoms. The second-order valence-corrected chi connectivity index (χ2v) is 3.33. The molecule has 2 aromatic rings. The number of nitrogens with zero attached hydrogens (tertiary/aromatic N) is 3. The molecule has 0 aromatic carbocycles. The third-order valence-corrected chi connectivity index (χ3v) is 2.23. The Balaban J connectivity index is 2.03. The number of aromatic nitrogens is 3. The molecule has 1 aliphatic rings. The molecule has 0 radical (unpaired) electrons. The summed E-state index contributed by atoms with van der Waals surface area (Å²) in [5.74, 6) is 0.975. The lowest BCUT2D eigenvalue weighted by Gasteiger charge is -2.17. The maximum Gasteiger partial charge on any atom is 0.262 e. The van der Waals surface area contributed by atoms with Gasteiger partial charge in [0.25, 0.3) is 5.91 Å². The number of hydrogen-bond donors (Lipinski definition) is 1. The monoisotopic (exact) mass is 216 g/mol. The smallest absolute Gasteiger partial charge is 0.262 e. The summed E-state index contributed by atoms with van der Waals surface area (Å²) in [6.45, 7) is 0.00732. The first kappa shape index (κ1) is 8.90. The standard InChI is InChI=1S/C10H8N4O2/c15-9-5-16-10-7(12-9)1-2-8(13-10)14-4-3-11-6-14/h1-4,6H,5H2,(H,12,15). The van der Waals surface area contributed by atoms with Crippen molar-refractivity contribution < 1.29 is 9.53 Å². The Labute approximate surface area is 90.9 Å². The number of carbonyl (C=O) groups excluding carboxylic acids is 1. The number of anilines is 1. The maximum atomic E-state index is 11.1. The van der Waals surface area contributed by atoms with Crippen LogP contribution in [0.25, 0.3) is 5.82 Å². The topological polar surface area (TPSA) is 69.0 Å². The first-order valence-electron chi connectivity index (χ1n) is 4.75. The fraction of sp³-hybridized carbons (Fsp3) is 0.100. The van der Waals surface area contributed by atoms with Crippen LogP contribution < -0.4 is 10.1 Å². The van der Waals surface area contributed by atoms with Crippen LogP contribution in [0.4, 0.5) is 5.69 Å². The Kier molecular flexibility index (Phi) is 1.86. The molecule has 1 N–H and O–H groups in total. The van der Waals surface area contributed by atoms with E-state index in [1.807, 2.05) is 0 Å². The molecule has 2 aromatic heterocycles. The molecule has 80 valence electrons. The molecule has 6 heteroatoms. The number of ether oxygens (including phenoxy) is 1. The number of imidazole rings is 1. The highest BCUT2D eigenvalue weighted by molar-refractivity contribution is 5.94. The molecule has 0 bridgehead atoms. The second-order valence-electron chi connectivity index (χ2n) is 3.33. The van der Waals surface area contributed by atoms with E-state index in [9.17, 15) is 4.79 Å². The summed E-state index contributed by atoms with van der Waals surface area (Å²) in [5.41, 5.74) is 0.597. The van der Waals surface area contributed by atoms with Gasteiger partial charge in [0.1, 0.15) is 17.8 Å². The molecular weight excluding hydrogens is 208 g/mol. The lowest BCUT2D eigenvalue weighted by Crippen LogP contribution is -2.26. The third kappa shape index (κ3) is 1.40. The summed E-state index contributed by atoms with van der Waals surface area (Å²) < 4.78 is 6.98. The number of fused-ring (bicyclic) bond motifs is 1. The predicted molar refractivity (Wildman–Crippen MR) is 55.5 cm³/mol. The van der Waals surface area contributed by atoms with E-state index in [1.54, 1.807) is 35.4 Å². The Morgan fingerprint density at radius 2 is 2.38 bits per heavy atom. The van der Waals surface area contributed by atoms with Gasteiger partial charge >= 0.3 is 0 Å². The van der Waals surface area contributed by atoms with E-state index in [4.69, 9.17) is 4.74 Å².